The van der Waals surface area contributed by atoms with Crippen molar-refractivity contribution in [3.05, 3.63) is 22.7 Å². The molecule has 0 fully saturated rings. The first kappa shape index (κ1) is 10.7. The average molecular weight is 196 g/mol. The maximum Gasteiger partial charge on any atom is 0.0369 e. The van der Waals surface area contributed by atoms with E-state index < -0.39 is 0 Å². The van der Waals surface area contributed by atoms with Crippen LogP contribution >= 0.6 is 11.8 Å². The van der Waals surface area contributed by atoms with E-state index in [0.717, 1.165) is 0 Å². The molecule has 2 heteroatoms. The molecule has 0 amide bonds. The molecule has 1 radical (unpaired) electrons. The van der Waals surface area contributed by atoms with E-state index in [4.69, 9.17) is 0 Å². The van der Waals surface area contributed by atoms with Gasteiger partial charge < -0.3 is 0 Å². The Kier molecular flexibility index (Phi) is 5.06. The van der Waals surface area contributed by atoms with Crippen molar-refractivity contribution in [2.45, 2.75) is 39.5 Å². The summed E-state index contributed by atoms with van der Waals surface area (Å²) < 4.78 is 0. The van der Waals surface area contributed by atoms with Crippen molar-refractivity contribution in [1.29, 1.82) is 0 Å². The summed E-state index contributed by atoms with van der Waals surface area (Å²) in [6.45, 7) is 4.54. The van der Waals surface area contributed by atoms with Crippen molar-refractivity contribution in [1.82, 2.24) is 5.32 Å². The van der Waals surface area contributed by atoms with E-state index in [1.807, 2.05) is 24.2 Å². The number of rotatable bonds is 5. The standard InChI is InChI=1S/C11H18NS/c1-3-4-5-6-10(2)11-9-12-7-8-13-11/h7-10H,3-6H2,1-2H3. The van der Waals surface area contributed by atoms with Crippen molar-refractivity contribution < 1.29 is 0 Å². The molecule has 1 atom stereocenters. The fourth-order valence-electron chi connectivity index (χ4n) is 1.38. The molecule has 0 aliphatic carbocycles. The lowest BCUT2D eigenvalue weighted by atomic mass is 10.0. The van der Waals surface area contributed by atoms with Gasteiger partial charge in [0.25, 0.3) is 0 Å². The molecule has 0 bridgehead atoms. The maximum atomic E-state index is 4.14. The first-order chi connectivity index (χ1) is 6.34. The minimum absolute atomic E-state index is 0.685. The van der Waals surface area contributed by atoms with Crippen LogP contribution in [0.2, 0.25) is 0 Å². The second kappa shape index (κ2) is 6.14. The highest BCUT2D eigenvalue weighted by molar-refractivity contribution is 8.05. The van der Waals surface area contributed by atoms with Gasteiger partial charge in [0.2, 0.25) is 0 Å². The highest BCUT2D eigenvalue weighted by atomic mass is 32.2. The normalized spacial score (nSPS) is 17.8. The molecule has 1 aliphatic rings. The molecular formula is C11H18NS. The fourth-order valence-corrected chi connectivity index (χ4v) is 2.14. The van der Waals surface area contributed by atoms with Gasteiger partial charge in [-0.2, -0.15) is 0 Å². The molecule has 73 valence electrons. The SMILES string of the molecule is CCCCCC(C)C1=C[N]C=CS1. The molecule has 13 heavy (non-hydrogen) atoms. The molecule has 1 heterocycles. The van der Waals surface area contributed by atoms with Gasteiger partial charge in [-0.15, -0.1) is 0 Å². The molecule has 0 saturated heterocycles. The first-order valence-electron chi connectivity index (χ1n) is 5.06. The van der Waals surface area contributed by atoms with Crippen LogP contribution in [0.25, 0.3) is 0 Å². The van der Waals surface area contributed by atoms with Crippen LogP contribution in [0.4, 0.5) is 0 Å². The Bertz CT molecular complexity index is 196. The van der Waals surface area contributed by atoms with E-state index in [-0.39, 0.29) is 0 Å². The zero-order valence-electron chi connectivity index (χ0n) is 8.49. The van der Waals surface area contributed by atoms with Gasteiger partial charge in [0.05, 0.1) is 0 Å². The molecular weight excluding hydrogens is 178 g/mol. The zero-order valence-corrected chi connectivity index (χ0v) is 9.31. The lowest BCUT2D eigenvalue weighted by molar-refractivity contribution is 0.569. The van der Waals surface area contributed by atoms with Crippen LogP contribution in [0, 0.1) is 5.92 Å². The summed E-state index contributed by atoms with van der Waals surface area (Å²) in [5.74, 6) is 0.685. The molecule has 1 rings (SSSR count). The van der Waals surface area contributed by atoms with Gasteiger partial charge in [-0.3, -0.25) is 5.32 Å². The Labute approximate surface area is 85.7 Å². The highest BCUT2D eigenvalue weighted by Gasteiger charge is 2.09. The number of hydrogen-bond donors (Lipinski definition) is 0. The number of allylic oxidation sites excluding steroid dienone is 1. The molecule has 1 aliphatic heterocycles. The van der Waals surface area contributed by atoms with E-state index in [9.17, 15) is 0 Å². The van der Waals surface area contributed by atoms with Gasteiger partial charge in [-0.25, -0.2) is 0 Å². The molecule has 1 unspecified atom stereocenters. The Hall–Kier alpha value is -0.370. The largest absolute Gasteiger partial charge is 0.263 e. The van der Waals surface area contributed by atoms with Crippen molar-refractivity contribution in [2.75, 3.05) is 0 Å². The minimum atomic E-state index is 0.685. The van der Waals surface area contributed by atoms with Crippen LogP contribution in [0.1, 0.15) is 39.5 Å². The topological polar surface area (TPSA) is 14.1 Å². The number of nitrogens with zero attached hydrogens (tertiary/aromatic N) is 1. The third kappa shape index (κ3) is 3.90. The summed E-state index contributed by atoms with van der Waals surface area (Å²) >= 11 is 1.82. The van der Waals surface area contributed by atoms with E-state index >= 15 is 0 Å². The van der Waals surface area contributed by atoms with Crippen molar-refractivity contribution in [3.63, 3.8) is 0 Å². The summed E-state index contributed by atoms with van der Waals surface area (Å²) in [5.41, 5.74) is 0. The lowest BCUT2D eigenvalue weighted by Gasteiger charge is -2.15. The Morgan fingerprint density at radius 1 is 1.46 bits per heavy atom. The summed E-state index contributed by atoms with van der Waals surface area (Å²) in [4.78, 5) is 1.42. The summed E-state index contributed by atoms with van der Waals surface area (Å²) in [6, 6.07) is 0. The van der Waals surface area contributed by atoms with Crippen molar-refractivity contribution >= 4 is 11.8 Å². The molecule has 1 nitrogen and oxygen atoms in total. The molecule has 0 aromatic heterocycles. The number of thioether (sulfide) groups is 1. The van der Waals surface area contributed by atoms with E-state index in [0.29, 0.717) is 5.92 Å². The van der Waals surface area contributed by atoms with Crippen LogP contribution in [0.3, 0.4) is 0 Å². The van der Waals surface area contributed by atoms with Crippen molar-refractivity contribution in [3.8, 4) is 0 Å². The second-order valence-electron chi connectivity index (χ2n) is 3.48. The third-order valence-corrected chi connectivity index (χ3v) is 3.32. The molecule has 0 aromatic rings. The zero-order chi connectivity index (χ0) is 9.52. The predicted octanol–water partition coefficient (Wildman–Crippen LogP) is 3.87. The van der Waals surface area contributed by atoms with Crippen molar-refractivity contribution in [2.24, 2.45) is 5.92 Å². The number of unbranched alkanes of at least 4 members (excludes halogenated alkanes) is 2. The summed E-state index contributed by atoms with van der Waals surface area (Å²) in [5, 5.41) is 6.21. The average Bonchev–Trinajstić information content (AvgIpc) is 2.19. The van der Waals surface area contributed by atoms with Gasteiger partial charge in [-0.1, -0.05) is 44.9 Å². The molecule has 0 aromatic carbocycles. The van der Waals surface area contributed by atoms with E-state index in [1.165, 1.54) is 30.6 Å². The number of hydrogen-bond acceptors (Lipinski definition) is 1. The van der Waals surface area contributed by atoms with E-state index in [1.54, 1.807) is 0 Å². The quantitative estimate of drug-likeness (QED) is 0.609. The van der Waals surface area contributed by atoms with Gasteiger partial charge >= 0.3 is 0 Å². The van der Waals surface area contributed by atoms with Gasteiger partial charge in [-0.05, 0) is 17.7 Å². The van der Waals surface area contributed by atoms with Gasteiger partial charge in [0.15, 0.2) is 0 Å². The molecule has 0 N–H and O–H groups in total. The summed E-state index contributed by atoms with van der Waals surface area (Å²) in [7, 11) is 0. The summed E-state index contributed by atoms with van der Waals surface area (Å²) in [6.07, 6.45) is 9.17. The smallest absolute Gasteiger partial charge is 0.0369 e. The van der Waals surface area contributed by atoms with Gasteiger partial charge in [0, 0.05) is 17.3 Å². The Morgan fingerprint density at radius 3 is 2.92 bits per heavy atom. The van der Waals surface area contributed by atoms with Crippen LogP contribution in [-0.4, -0.2) is 0 Å². The van der Waals surface area contributed by atoms with Crippen LogP contribution < -0.4 is 5.32 Å². The Morgan fingerprint density at radius 2 is 2.31 bits per heavy atom. The molecule has 0 saturated carbocycles. The fraction of sp³-hybridized carbons (Fsp3) is 0.636. The lowest BCUT2D eigenvalue weighted by Crippen LogP contribution is -2.01. The van der Waals surface area contributed by atoms with E-state index in [2.05, 4.69) is 24.6 Å². The Balaban J connectivity index is 2.22. The monoisotopic (exact) mass is 196 g/mol. The molecule has 0 spiro atoms. The highest BCUT2D eigenvalue weighted by Crippen LogP contribution is 2.30. The maximum absolute atomic E-state index is 4.14. The predicted molar refractivity (Wildman–Crippen MR) is 60.3 cm³/mol. The minimum Gasteiger partial charge on any atom is -0.263 e. The van der Waals surface area contributed by atoms with Crippen LogP contribution in [0.5, 0.6) is 0 Å². The van der Waals surface area contributed by atoms with Crippen LogP contribution in [0.15, 0.2) is 22.7 Å². The van der Waals surface area contributed by atoms with Crippen LogP contribution in [-0.2, 0) is 0 Å². The third-order valence-electron chi connectivity index (χ3n) is 2.28. The second-order valence-corrected chi connectivity index (χ2v) is 4.46. The first-order valence-corrected chi connectivity index (χ1v) is 5.94. The van der Waals surface area contributed by atoms with Gasteiger partial charge in [0.1, 0.15) is 0 Å².